The Hall–Kier alpha value is -3.48. The topological polar surface area (TPSA) is 50.7 Å². The molecular weight excluding hydrogens is 365 g/mol. The van der Waals surface area contributed by atoms with Gasteiger partial charge in [0, 0.05) is 33.9 Å². The second kappa shape index (κ2) is 6.92. The first-order chi connectivity index (χ1) is 13.4. The summed E-state index contributed by atoms with van der Waals surface area (Å²) in [6, 6.07) is 14.5. The van der Waals surface area contributed by atoms with Gasteiger partial charge in [-0.25, -0.2) is 0 Å². The molecule has 0 aliphatic heterocycles. The quantitative estimate of drug-likeness (QED) is 0.491. The van der Waals surface area contributed by atoms with Gasteiger partial charge in [0.05, 0.1) is 11.8 Å². The lowest BCUT2D eigenvalue weighted by Gasteiger charge is -2.11. The second-order valence-electron chi connectivity index (χ2n) is 6.38. The minimum absolute atomic E-state index is 0.499. The lowest BCUT2D eigenvalue weighted by Crippen LogP contribution is -2.04. The Balaban J connectivity index is 1.66. The van der Waals surface area contributed by atoms with Gasteiger partial charge in [-0.05, 0) is 42.8 Å². The number of benzene rings is 2. The summed E-state index contributed by atoms with van der Waals surface area (Å²) in [5, 5.41) is 13.3. The molecule has 0 spiro atoms. The van der Waals surface area contributed by atoms with E-state index in [4.69, 9.17) is 0 Å². The third-order valence-electron chi connectivity index (χ3n) is 4.36. The first-order valence-corrected chi connectivity index (χ1v) is 8.53. The van der Waals surface area contributed by atoms with Crippen molar-refractivity contribution < 1.29 is 13.2 Å². The molecule has 2 heterocycles. The van der Waals surface area contributed by atoms with E-state index in [-0.39, 0.29) is 0 Å². The first-order valence-electron chi connectivity index (χ1n) is 8.53. The molecule has 140 valence electrons. The molecular formula is C21H15F3N4. The van der Waals surface area contributed by atoms with E-state index in [9.17, 15) is 13.2 Å². The standard InChI is InChI=1S/C21H15F3N4/c1-13-9-18-15(11-25-13)3-2-4-19(18)27-20-10-16(12-26-28-20)14-5-7-17(8-6-14)21(22,23)24/h2-12H,1H3,(H,27,28). The third kappa shape index (κ3) is 3.64. The predicted octanol–water partition coefficient (Wildman–Crippen LogP) is 5.76. The van der Waals surface area contributed by atoms with Gasteiger partial charge in [-0.15, -0.1) is 5.10 Å². The largest absolute Gasteiger partial charge is 0.416 e. The van der Waals surface area contributed by atoms with Crippen LogP contribution in [-0.2, 0) is 6.18 Å². The number of alkyl halides is 3. The maximum Gasteiger partial charge on any atom is 0.416 e. The van der Waals surface area contributed by atoms with Crippen LogP contribution in [0.2, 0.25) is 0 Å². The Morgan fingerprint density at radius 3 is 2.43 bits per heavy atom. The third-order valence-corrected chi connectivity index (χ3v) is 4.36. The van der Waals surface area contributed by atoms with Crippen LogP contribution in [0.5, 0.6) is 0 Å². The summed E-state index contributed by atoms with van der Waals surface area (Å²) in [7, 11) is 0. The summed E-state index contributed by atoms with van der Waals surface area (Å²) in [6.07, 6.45) is -1.03. The van der Waals surface area contributed by atoms with Crippen molar-refractivity contribution in [1.29, 1.82) is 0 Å². The average Bonchev–Trinajstić information content (AvgIpc) is 2.68. The number of aromatic nitrogens is 3. The highest BCUT2D eigenvalue weighted by molar-refractivity contribution is 5.95. The van der Waals surface area contributed by atoms with Crippen molar-refractivity contribution in [3.05, 3.63) is 78.2 Å². The first kappa shape index (κ1) is 17.9. The van der Waals surface area contributed by atoms with Crippen LogP contribution in [0.15, 0.2) is 67.0 Å². The molecule has 2 aromatic heterocycles. The minimum atomic E-state index is -4.36. The number of nitrogens with zero attached hydrogens (tertiary/aromatic N) is 3. The Kier molecular flexibility index (Phi) is 4.43. The maximum atomic E-state index is 12.7. The van der Waals surface area contributed by atoms with Crippen molar-refractivity contribution in [1.82, 2.24) is 15.2 Å². The molecule has 0 unspecified atom stereocenters. The van der Waals surface area contributed by atoms with Crippen molar-refractivity contribution >= 4 is 22.3 Å². The summed E-state index contributed by atoms with van der Waals surface area (Å²) < 4.78 is 38.2. The van der Waals surface area contributed by atoms with Crippen LogP contribution in [0.1, 0.15) is 11.3 Å². The van der Waals surface area contributed by atoms with Crippen LogP contribution in [0.3, 0.4) is 0 Å². The summed E-state index contributed by atoms with van der Waals surface area (Å²) >= 11 is 0. The average molecular weight is 380 g/mol. The van der Waals surface area contributed by atoms with Crippen LogP contribution in [0.25, 0.3) is 21.9 Å². The van der Waals surface area contributed by atoms with Gasteiger partial charge < -0.3 is 5.32 Å². The maximum absolute atomic E-state index is 12.7. The number of nitrogens with one attached hydrogen (secondary N) is 1. The molecule has 0 atom stereocenters. The Morgan fingerprint density at radius 1 is 0.893 bits per heavy atom. The number of rotatable bonds is 3. The van der Waals surface area contributed by atoms with Gasteiger partial charge in [0.2, 0.25) is 0 Å². The van der Waals surface area contributed by atoms with E-state index in [0.717, 1.165) is 34.3 Å². The van der Waals surface area contributed by atoms with Crippen LogP contribution in [0.4, 0.5) is 24.7 Å². The van der Waals surface area contributed by atoms with Crippen molar-refractivity contribution in [2.45, 2.75) is 13.1 Å². The van der Waals surface area contributed by atoms with Gasteiger partial charge in [-0.2, -0.15) is 18.3 Å². The molecule has 0 amide bonds. The smallest absolute Gasteiger partial charge is 0.338 e. The highest BCUT2D eigenvalue weighted by atomic mass is 19.4. The van der Waals surface area contributed by atoms with Gasteiger partial charge in [0.25, 0.3) is 0 Å². The van der Waals surface area contributed by atoms with E-state index in [0.29, 0.717) is 16.9 Å². The molecule has 0 bridgehead atoms. The normalized spacial score (nSPS) is 11.6. The zero-order chi connectivity index (χ0) is 19.7. The lowest BCUT2D eigenvalue weighted by molar-refractivity contribution is -0.137. The van der Waals surface area contributed by atoms with Gasteiger partial charge in [0.15, 0.2) is 5.82 Å². The zero-order valence-electron chi connectivity index (χ0n) is 14.8. The number of hydrogen-bond acceptors (Lipinski definition) is 4. The van der Waals surface area contributed by atoms with E-state index >= 15 is 0 Å². The molecule has 0 aliphatic rings. The molecule has 4 aromatic rings. The summed E-state index contributed by atoms with van der Waals surface area (Å²) in [5.74, 6) is 0.499. The van der Waals surface area contributed by atoms with Crippen molar-refractivity contribution in [2.24, 2.45) is 0 Å². The number of fused-ring (bicyclic) bond motifs is 1. The highest BCUT2D eigenvalue weighted by Crippen LogP contribution is 2.32. The number of hydrogen-bond donors (Lipinski definition) is 1. The molecule has 2 aromatic carbocycles. The fourth-order valence-electron chi connectivity index (χ4n) is 2.96. The molecule has 28 heavy (non-hydrogen) atoms. The molecule has 0 saturated heterocycles. The molecule has 4 nitrogen and oxygen atoms in total. The lowest BCUT2D eigenvalue weighted by atomic mass is 10.1. The van der Waals surface area contributed by atoms with Gasteiger partial charge in [-0.3, -0.25) is 4.98 Å². The minimum Gasteiger partial charge on any atom is -0.338 e. The summed E-state index contributed by atoms with van der Waals surface area (Å²) in [6.45, 7) is 1.92. The van der Waals surface area contributed by atoms with Crippen molar-refractivity contribution in [3.8, 4) is 11.1 Å². The van der Waals surface area contributed by atoms with Gasteiger partial charge in [0.1, 0.15) is 0 Å². The molecule has 4 rings (SSSR count). The van der Waals surface area contributed by atoms with Crippen LogP contribution < -0.4 is 5.32 Å². The highest BCUT2D eigenvalue weighted by Gasteiger charge is 2.29. The van der Waals surface area contributed by atoms with Crippen LogP contribution >= 0.6 is 0 Å². The van der Waals surface area contributed by atoms with E-state index in [1.165, 1.54) is 18.3 Å². The van der Waals surface area contributed by atoms with Gasteiger partial charge >= 0.3 is 6.18 Å². The number of aryl methyl sites for hydroxylation is 1. The van der Waals surface area contributed by atoms with Gasteiger partial charge in [-0.1, -0.05) is 24.3 Å². The van der Waals surface area contributed by atoms with E-state index in [1.54, 1.807) is 12.3 Å². The molecule has 0 aliphatic carbocycles. The van der Waals surface area contributed by atoms with E-state index in [2.05, 4.69) is 20.5 Å². The zero-order valence-corrected chi connectivity index (χ0v) is 14.8. The summed E-state index contributed by atoms with van der Waals surface area (Å²) in [4.78, 5) is 4.30. The SMILES string of the molecule is Cc1cc2c(Nc3cc(-c4ccc(C(F)(F)F)cc4)cnn3)cccc2cn1. The Bertz CT molecular complexity index is 1140. The molecule has 0 saturated carbocycles. The van der Waals surface area contributed by atoms with Crippen molar-refractivity contribution in [3.63, 3.8) is 0 Å². The van der Waals surface area contributed by atoms with Crippen LogP contribution in [0, 0.1) is 6.92 Å². The molecule has 7 heteroatoms. The monoisotopic (exact) mass is 380 g/mol. The fraction of sp³-hybridized carbons (Fsp3) is 0.0952. The number of anilines is 2. The van der Waals surface area contributed by atoms with E-state index < -0.39 is 11.7 Å². The second-order valence-corrected chi connectivity index (χ2v) is 6.38. The molecule has 1 N–H and O–H groups in total. The van der Waals surface area contributed by atoms with Crippen molar-refractivity contribution in [2.75, 3.05) is 5.32 Å². The van der Waals surface area contributed by atoms with E-state index in [1.807, 2.05) is 31.2 Å². The Labute approximate surface area is 159 Å². The summed E-state index contributed by atoms with van der Waals surface area (Å²) in [5.41, 5.74) is 2.36. The molecule has 0 radical (unpaired) electrons. The number of pyridine rings is 1. The van der Waals surface area contributed by atoms with Crippen LogP contribution in [-0.4, -0.2) is 15.2 Å². The Morgan fingerprint density at radius 2 is 1.68 bits per heavy atom. The molecule has 0 fully saturated rings. The number of halogens is 3. The predicted molar refractivity (Wildman–Crippen MR) is 102 cm³/mol. The fourth-order valence-corrected chi connectivity index (χ4v) is 2.96.